The van der Waals surface area contributed by atoms with E-state index in [4.69, 9.17) is 14.5 Å². The SMILES string of the molecule is Cc1cc2cc3c(cc2nc1SCC(=O)Nc1ccc(S(=O)(=O)N2CCCCC2)cc1)OCCO3. The number of nitrogens with one attached hydrogen (secondary N) is 1. The molecule has 184 valence electrons. The first-order chi connectivity index (χ1) is 16.9. The number of thioether (sulfide) groups is 1. The molecule has 2 aromatic carbocycles. The minimum atomic E-state index is -3.49. The third kappa shape index (κ3) is 5.24. The molecule has 1 fully saturated rings. The molecule has 1 amide bonds. The van der Waals surface area contributed by atoms with Gasteiger partial charge in [0, 0.05) is 30.2 Å². The third-order valence-corrected chi connectivity index (χ3v) is 9.06. The van der Waals surface area contributed by atoms with E-state index < -0.39 is 10.0 Å². The van der Waals surface area contributed by atoms with E-state index in [1.54, 1.807) is 24.3 Å². The van der Waals surface area contributed by atoms with E-state index in [1.165, 1.54) is 16.1 Å². The molecule has 1 saturated heterocycles. The van der Waals surface area contributed by atoms with E-state index in [2.05, 4.69) is 5.32 Å². The van der Waals surface area contributed by atoms with Crippen LogP contribution in [0.4, 0.5) is 5.69 Å². The number of carbonyl (C=O) groups is 1. The number of anilines is 1. The van der Waals surface area contributed by atoms with E-state index >= 15 is 0 Å². The van der Waals surface area contributed by atoms with Crippen LogP contribution in [0.25, 0.3) is 10.9 Å². The quantitative estimate of drug-likeness (QED) is 0.493. The van der Waals surface area contributed by atoms with Gasteiger partial charge in [0.05, 0.1) is 16.2 Å². The predicted octanol–water partition coefficient (Wildman–Crippen LogP) is 4.22. The highest BCUT2D eigenvalue weighted by atomic mass is 32.2. The molecule has 3 heterocycles. The van der Waals surface area contributed by atoms with Crippen molar-refractivity contribution in [2.45, 2.75) is 36.1 Å². The number of hydrogen-bond acceptors (Lipinski definition) is 7. The van der Waals surface area contributed by atoms with Crippen molar-refractivity contribution in [1.29, 1.82) is 0 Å². The number of aromatic nitrogens is 1. The van der Waals surface area contributed by atoms with Gasteiger partial charge >= 0.3 is 0 Å². The van der Waals surface area contributed by atoms with Crippen molar-refractivity contribution in [3.8, 4) is 11.5 Å². The zero-order valence-electron chi connectivity index (χ0n) is 19.5. The number of rotatable bonds is 6. The molecule has 3 aromatic rings. The molecule has 0 radical (unpaired) electrons. The minimum Gasteiger partial charge on any atom is -0.486 e. The number of amides is 1. The van der Waals surface area contributed by atoms with Gasteiger partial charge in [-0.25, -0.2) is 13.4 Å². The van der Waals surface area contributed by atoms with Gasteiger partial charge in [0.1, 0.15) is 18.2 Å². The Bertz CT molecular complexity index is 1350. The summed E-state index contributed by atoms with van der Waals surface area (Å²) in [5.74, 6) is 1.39. The van der Waals surface area contributed by atoms with Crippen LogP contribution in [0.1, 0.15) is 24.8 Å². The lowest BCUT2D eigenvalue weighted by Crippen LogP contribution is -2.35. The monoisotopic (exact) mass is 513 g/mol. The fraction of sp³-hybridized carbons (Fsp3) is 0.360. The molecule has 0 atom stereocenters. The third-order valence-electron chi connectivity index (χ3n) is 6.05. The molecule has 0 spiro atoms. The van der Waals surface area contributed by atoms with Crippen molar-refractivity contribution in [3.63, 3.8) is 0 Å². The topological polar surface area (TPSA) is 97.8 Å². The molecule has 1 aromatic heterocycles. The standard InChI is InChI=1S/C25H27N3O5S2/c1-17-13-18-14-22-23(33-12-11-32-22)15-21(18)27-25(17)34-16-24(29)26-19-5-7-20(8-6-19)35(30,31)28-9-3-2-4-10-28/h5-8,13-15H,2-4,9-12,16H2,1H3,(H,26,29). The number of ether oxygens (including phenoxy) is 2. The van der Waals surface area contributed by atoms with E-state index in [-0.39, 0.29) is 16.6 Å². The van der Waals surface area contributed by atoms with Crippen LogP contribution in [0.3, 0.4) is 0 Å². The van der Waals surface area contributed by atoms with Gasteiger partial charge in [0.2, 0.25) is 15.9 Å². The molecule has 0 saturated carbocycles. The lowest BCUT2D eigenvalue weighted by molar-refractivity contribution is -0.113. The lowest BCUT2D eigenvalue weighted by atomic mass is 10.1. The minimum absolute atomic E-state index is 0.178. The van der Waals surface area contributed by atoms with Crippen LogP contribution < -0.4 is 14.8 Å². The number of hydrogen-bond donors (Lipinski definition) is 1. The largest absolute Gasteiger partial charge is 0.486 e. The van der Waals surface area contributed by atoms with Crippen molar-refractivity contribution in [2.24, 2.45) is 0 Å². The van der Waals surface area contributed by atoms with Crippen molar-refractivity contribution < 1.29 is 22.7 Å². The maximum Gasteiger partial charge on any atom is 0.243 e. The second kappa shape index (κ2) is 10.0. The van der Waals surface area contributed by atoms with Gasteiger partial charge in [-0.1, -0.05) is 18.2 Å². The molecule has 2 aliphatic heterocycles. The molecule has 5 rings (SSSR count). The second-order valence-electron chi connectivity index (χ2n) is 8.62. The summed E-state index contributed by atoms with van der Waals surface area (Å²) < 4.78 is 38.4. The highest BCUT2D eigenvalue weighted by Crippen LogP contribution is 2.35. The molecule has 8 nitrogen and oxygen atoms in total. The zero-order valence-corrected chi connectivity index (χ0v) is 21.1. The van der Waals surface area contributed by atoms with Gasteiger partial charge in [0.15, 0.2) is 11.5 Å². The fourth-order valence-electron chi connectivity index (χ4n) is 4.24. The molecule has 0 unspecified atom stereocenters. The van der Waals surface area contributed by atoms with Gasteiger partial charge in [-0.15, -0.1) is 0 Å². The summed E-state index contributed by atoms with van der Waals surface area (Å²) in [6, 6.07) is 12.2. The Kier molecular flexibility index (Phi) is 6.86. The van der Waals surface area contributed by atoms with E-state index in [1.807, 2.05) is 25.1 Å². The maximum atomic E-state index is 12.8. The van der Waals surface area contributed by atoms with Crippen molar-refractivity contribution in [2.75, 3.05) is 37.4 Å². The highest BCUT2D eigenvalue weighted by Gasteiger charge is 2.25. The van der Waals surface area contributed by atoms with Crippen LogP contribution in [0, 0.1) is 6.92 Å². The summed E-state index contributed by atoms with van der Waals surface area (Å²) in [5, 5.41) is 4.56. The number of nitrogens with zero attached hydrogens (tertiary/aromatic N) is 2. The molecular formula is C25H27N3O5S2. The molecule has 2 aliphatic rings. The first-order valence-corrected chi connectivity index (χ1v) is 14.1. The van der Waals surface area contributed by atoms with Gasteiger partial charge in [0.25, 0.3) is 0 Å². The van der Waals surface area contributed by atoms with Crippen LogP contribution in [0.5, 0.6) is 11.5 Å². The number of aryl methyl sites for hydroxylation is 1. The average Bonchev–Trinajstić information content (AvgIpc) is 2.87. The fourth-order valence-corrected chi connectivity index (χ4v) is 6.55. The second-order valence-corrected chi connectivity index (χ2v) is 11.5. The normalized spacial score (nSPS) is 16.3. The summed E-state index contributed by atoms with van der Waals surface area (Å²) in [5.41, 5.74) is 2.31. The molecule has 35 heavy (non-hydrogen) atoms. The van der Waals surface area contributed by atoms with Crippen LogP contribution >= 0.6 is 11.8 Å². The number of piperidine rings is 1. The summed E-state index contributed by atoms with van der Waals surface area (Å²) in [6.07, 6.45) is 2.84. The number of sulfonamides is 1. The summed E-state index contributed by atoms with van der Waals surface area (Å²) in [6.45, 7) is 4.13. The first-order valence-electron chi connectivity index (χ1n) is 11.6. The summed E-state index contributed by atoms with van der Waals surface area (Å²) in [7, 11) is -3.49. The number of carbonyl (C=O) groups excluding carboxylic acids is 1. The Balaban J connectivity index is 1.22. The van der Waals surface area contributed by atoms with Crippen molar-refractivity contribution in [3.05, 3.63) is 48.0 Å². The Morgan fingerprint density at radius 1 is 1.03 bits per heavy atom. The Labute approximate surface area is 209 Å². The van der Waals surface area contributed by atoms with Crippen LogP contribution in [0.15, 0.2) is 52.4 Å². The van der Waals surface area contributed by atoms with Crippen molar-refractivity contribution >= 4 is 44.3 Å². The Morgan fingerprint density at radius 2 is 1.71 bits per heavy atom. The van der Waals surface area contributed by atoms with Crippen LogP contribution in [0.2, 0.25) is 0 Å². The van der Waals surface area contributed by atoms with Crippen LogP contribution in [-0.2, 0) is 14.8 Å². The first kappa shape index (κ1) is 23.9. The van der Waals surface area contributed by atoms with E-state index in [0.29, 0.717) is 37.7 Å². The molecule has 0 bridgehead atoms. The molecule has 10 heteroatoms. The highest BCUT2D eigenvalue weighted by molar-refractivity contribution is 8.00. The molecule has 0 aliphatic carbocycles. The maximum absolute atomic E-state index is 12.8. The number of pyridine rings is 1. The lowest BCUT2D eigenvalue weighted by Gasteiger charge is -2.25. The van der Waals surface area contributed by atoms with Gasteiger partial charge < -0.3 is 14.8 Å². The zero-order chi connectivity index (χ0) is 24.4. The average molecular weight is 514 g/mol. The summed E-state index contributed by atoms with van der Waals surface area (Å²) >= 11 is 1.36. The Hall–Kier alpha value is -2.82. The van der Waals surface area contributed by atoms with Gasteiger partial charge in [-0.2, -0.15) is 4.31 Å². The number of benzene rings is 2. The molecular weight excluding hydrogens is 486 g/mol. The smallest absolute Gasteiger partial charge is 0.243 e. The Morgan fingerprint density at radius 3 is 2.43 bits per heavy atom. The summed E-state index contributed by atoms with van der Waals surface area (Å²) in [4.78, 5) is 17.5. The van der Waals surface area contributed by atoms with E-state index in [9.17, 15) is 13.2 Å². The van der Waals surface area contributed by atoms with Crippen molar-refractivity contribution in [1.82, 2.24) is 9.29 Å². The van der Waals surface area contributed by atoms with Crippen LogP contribution in [-0.4, -0.2) is 55.7 Å². The predicted molar refractivity (Wildman–Crippen MR) is 136 cm³/mol. The number of fused-ring (bicyclic) bond motifs is 2. The van der Waals surface area contributed by atoms with Gasteiger partial charge in [-0.3, -0.25) is 4.79 Å². The molecule has 1 N–H and O–H groups in total. The van der Waals surface area contributed by atoms with Gasteiger partial charge in [-0.05, 0) is 61.7 Å². The van der Waals surface area contributed by atoms with E-state index in [0.717, 1.165) is 46.5 Å².